The Hall–Kier alpha value is -0.230. The second-order valence-corrected chi connectivity index (χ2v) is 8.64. The molecule has 1 saturated heterocycles. The number of nitrogens with one attached hydrogen (secondary N) is 1. The minimum Gasteiger partial charge on any atom is -0.337 e. The van der Waals surface area contributed by atoms with Gasteiger partial charge in [0.05, 0.1) is 0 Å². The molecule has 0 aromatic heterocycles. The Balaban J connectivity index is 1.82. The summed E-state index contributed by atoms with van der Waals surface area (Å²) in [6.07, 6.45) is 8.12. The Morgan fingerprint density at radius 2 is 2.11 bits per heavy atom. The van der Waals surface area contributed by atoms with Gasteiger partial charge in [-0.15, -0.1) is 0 Å². The third-order valence-electron chi connectivity index (χ3n) is 3.97. The van der Waals surface area contributed by atoms with Crippen molar-refractivity contribution in [2.24, 2.45) is 0 Å². The van der Waals surface area contributed by atoms with Crippen LogP contribution < -0.4 is 5.32 Å². The number of carbonyl (C=O) groups excluding carboxylic acids is 1. The number of amides is 2. The largest absolute Gasteiger partial charge is 0.337 e. The molecule has 19 heavy (non-hydrogen) atoms. The van der Waals surface area contributed by atoms with Gasteiger partial charge in [-0.05, 0) is 12.8 Å². The Morgan fingerprint density at radius 1 is 1.37 bits per heavy atom. The van der Waals surface area contributed by atoms with Crippen molar-refractivity contribution in [3.63, 3.8) is 0 Å². The molecule has 1 N–H and O–H groups in total. The molecule has 0 aromatic carbocycles. The summed E-state index contributed by atoms with van der Waals surface area (Å²) in [6.45, 7) is 2.24. The lowest BCUT2D eigenvalue weighted by atomic mass is 9.87. The number of urea groups is 1. The number of nitrogens with zero attached hydrogens (tertiary/aromatic N) is 1. The number of carbonyl (C=O) groups is 1. The Morgan fingerprint density at radius 3 is 2.79 bits per heavy atom. The highest BCUT2D eigenvalue weighted by molar-refractivity contribution is 8.00. The third kappa shape index (κ3) is 4.38. The van der Waals surface area contributed by atoms with Crippen molar-refractivity contribution in [1.29, 1.82) is 0 Å². The lowest BCUT2D eigenvalue weighted by Crippen LogP contribution is -2.53. The zero-order valence-electron chi connectivity index (χ0n) is 11.7. The zero-order chi connectivity index (χ0) is 13.7. The van der Waals surface area contributed by atoms with Crippen molar-refractivity contribution in [3.8, 4) is 0 Å². The summed E-state index contributed by atoms with van der Waals surface area (Å²) in [5, 5.41) is 2.89. The molecule has 1 spiro atoms. The highest BCUT2D eigenvalue weighted by Crippen LogP contribution is 2.42. The van der Waals surface area contributed by atoms with Crippen LogP contribution in [-0.2, 0) is 10.8 Å². The van der Waals surface area contributed by atoms with Crippen molar-refractivity contribution >= 4 is 28.6 Å². The van der Waals surface area contributed by atoms with E-state index in [0.29, 0.717) is 17.0 Å². The predicted molar refractivity (Wildman–Crippen MR) is 82.2 cm³/mol. The first-order valence-electron chi connectivity index (χ1n) is 7.08. The summed E-state index contributed by atoms with van der Waals surface area (Å²) in [5.41, 5.74) is 0. The molecule has 2 amide bonds. The maximum Gasteiger partial charge on any atom is 0.317 e. The SMILES string of the molecule is CS(=O)CCNC(=O)N1CCSC2(CCCCC2)C1. The van der Waals surface area contributed by atoms with Crippen LogP contribution >= 0.6 is 11.8 Å². The van der Waals surface area contributed by atoms with Crippen LogP contribution in [0.2, 0.25) is 0 Å². The van der Waals surface area contributed by atoms with Crippen LogP contribution in [0.1, 0.15) is 32.1 Å². The molecule has 0 radical (unpaired) electrons. The molecule has 1 atom stereocenters. The van der Waals surface area contributed by atoms with E-state index >= 15 is 0 Å². The van der Waals surface area contributed by atoms with Crippen LogP contribution in [0.5, 0.6) is 0 Å². The van der Waals surface area contributed by atoms with E-state index in [1.165, 1.54) is 32.1 Å². The van der Waals surface area contributed by atoms with Crippen molar-refractivity contribution in [3.05, 3.63) is 0 Å². The van der Waals surface area contributed by atoms with E-state index in [2.05, 4.69) is 17.1 Å². The Bertz CT molecular complexity index is 338. The number of rotatable bonds is 3. The minimum absolute atomic E-state index is 0.0238. The summed E-state index contributed by atoms with van der Waals surface area (Å²) in [5.74, 6) is 1.59. The fourth-order valence-corrected chi connectivity index (χ4v) is 4.89. The van der Waals surface area contributed by atoms with Gasteiger partial charge in [-0.2, -0.15) is 11.8 Å². The highest BCUT2D eigenvalue weighted by atomic mass is 32.2. The predicted octanol–water partition coefficient (Wildman–Crippen LogP) is 1.83. The maximum atomic E-state index is 12.1. The van der Waals surface area contributed by atoms with Crippen LogP contribution in [0, 0.1) is 0 Å². The molecule has 1 saturated carbocycles. The Labute approximate surface area is 122 Å². The molecule has 0 bridgehead atoms. The molecule has 2 fully saturated rings. The summed E-state index contributed by atoms with van der Waals surface area (Å²) < 4.78 is 11.3. The summed E-state index contributed by atoms with van der Waals surface area (Å²) in [7, 11) is -0.835. The smallest absolute Gasteiger partial charge is 0.317 e. The van der Waals surface area contributed by atoms with E-state index in [1.807, 2.05) is 4.90 Å². The lowest BCUT2D eigenvalue weighted by molar-refractivity contribution is 0.186. The molecule has 1 aliphatic heterocycles. The van der Waals surface area contributed by atoms with Gasteiger partial charge in [0, 0.05) is 52.9 Å². The maximum absolute atomic E-state index is 12.1. The van der Waals surface area contributed by atoms with Gasteiger partial charge in [0.1, 0.15) is 0 Å². The quantitative estimate of drug-likeness (QED) is 0.865. The molecule has 0 aromatic rings. The first kappa shape index (κ1) is 15.2. The van der Waals surface area contributed by atoms with E-state index < -0.39 is 10.8 Å². The monoisotopic (exact) mass is 304 g/mol. The van der Waals surface area contributed by atoms with E-state index in [9.17, 15) is 9.00 Å². The van der Waals surface area contributed by atoms with Crippen LogP contribution in [0.3, 0.4) is 0 Å². The first-order valence-corrected chi connectivity index (χ1v) is 9.79. The summed E-state index contributed by atoms with van der Waals surface area (Å²) >= 11 is 2.07. The van der Waals surface area contributed by atoms with E-state index in [4.69, 9.17) is 0 Å². The molecule has 1 unspecified atom stereocenters. The van der Waals surface area contributed by atoms with Crippen molar-refractivity contribution < 1.29 is 9.00 Å². The van der Waals surface area contributed by atoms with Crippen LogP contribution in [-0.4, -0.2) is 57.3 Å². The highest BCUT2D eigenvalue weighted by Gasteiger charge is 2.38. The van der Waals surface area contributed by atoms with E-state index in [1.54, 1.807) is 6.26 Å². The standard InChI is InChI=1S/C13H24N2O2S2/c1-19(17)10-7-14-12(16)15-8-9-18-13(11-15)5-3-2-4-6-13/h2-11H2,1H3,(H,14,16). The topological polar surface area (TPSA) is 49.4 Å². The van der Waals surface area contributed by atoms with Crippen molar-refractivity contribution in [2.45, 2.75) is 36.9 Å². The molecule has 4 nitrogen and oxygen atoms in total. The van der Waals surface area contributed by atoms with E-state index in [-0.39, 0.29) is 6.03 Å². The average molecular weight is 304 g/mol. The lowest BCUT2D eigenvalue weighted by Gasteiger charge is -2.44. The van der Waals surface area contributed by atoms with E-state index in [0.717, 1.165) is 18.8 Å². The summed E-state index contributed by atoms with van der Waals surface area (Å²) in [6, 6.07) is 0.0238. The fraction of sp³-hybridized carbons (Fsp3) is 0.923. The molecular weight excluding hydrogens is 280 g/mol. The van der Waals surface area contributed by atoms with Gasteiger partial charge in [-0.25, -0.2) is 4.79 Å². The van der Waals surface area contributed by atoms with Gasteiger partial charge in [0.2, 0.25) is 0 Å². The molecule has 1 aliphatic carbocycles. The normalized spacial score (nSPS) is 24.2. The molecule has 6 heteroatoms. The molecular formula is C13H24N2O2S2. The van der Waals surface area contributed by atoms with Crippen LogP contribution in [0.4, 0.5) is 4.79 Å². The van der Waals surface area contributed by atoms with Gasteiger partial charge in [-0.1, -0.05) is 19.3 Å². The van der Waals surface area contributed by atoms with Crippen molar-refractivity contribution in [2.75, 3.05) is 37.4 Å². The van der Waals surface area contributed by atoms with Crippen LogP contribution in [0.25, 0.3) is 0 Å². The molecule has 110 valence electrons. The first-order chi connectivity index (χ1) is 9.11. The molecule has 2 rings (SSSR count). The average Bonchev–Trinajstić information content (AvgIpc) is 2.39. The van der Waals surface area contributed by atoms with Crippen LogP contribution in [0.15, 0.2) is 0 Å². The fourth-order valence-electron chi connectivity index (χ4n) is 2.93. The summed E-state index contributed by atoms with van der Waals surface area (Å²) in [4.78, 5) is 14.1. The number of hydrogen-bond donors (Lipinski definition) is 1. The minimum atomic E-state index is -0.835. The van der Waals surface area contributed by atoms with Gasteiger partial charge < -0.3 is 10.2 Å². The van der Waals surface area contributed by atoms with Gasteiger partial charge in [-0.3, -0.25) is 4.21 Å². The second-order valence-electron chi connectivity index (χ2n) is 5.52. The number of thioether (sulfide) groups is 1. The number of hydrogen-bond acceptors (Lipinski definition) is 3. The third-order valence-corrected chi connectivity index (χ3v) is 6.28. The molecule has 2 aliphatic rings. The van der Waals surface area contributed by atoms with Gasteiger partial charge >= 0.3 is 6.03 Å². The van der Waals surface area contributed by atoms with Gasteiger partial charge in [0.15, 0.2) is 0 Å². The van der Waals surface area contributed by atoms with Gasteiger partial charge in [0.25, 0.3) is 0 Å². The molecule has 1 heterocycles. The van der Waals surface area contributed by atoms with Crippen molar-refractivity contribution in [1.82, 2.24) is 10.2 Å². The zero-order valence-corrected chi connectivity index (χ0v) is 13.3. The second kappa shape index (κ2) is 6.97. The Kier molecular flexibility index (Phi) is 5.57.